The minimum atomic E-state index is -2.10. The standard InChI is InChI=1S/C37H58N2O9Si/c1-9-42-26-44-32-23-29-22-30(38-46-25-34(40)39-20-12-11-13-21-39)17-15-19-31(48-49(7,8)37(4,5)6)18-14-16-28(3)47-36(41)35(29)33(24-32)45-27-43-10-2/h14-15,17-18,23-24,28,31H,9-13,16,19-22,25-27H2,1-8H3/b17-15+,18-14+,38-30?/t28-,31-/m1/s1. The molecular formula is C37H58N2O9Si. The number of esters is 1. The summed E-state index contributed by atoms with van der Waals surface area (Å²) in [6.07, 6.45) is 11.7. The molecule has 3 rings (SSSR count). The molecule has 0 N–H and O–H groups in total. The SMILES string of the molecule is CCOCOc1cc2c(c(OCOCC)c1)C(=O)O[C@H](C)C/C=C/[C@@H](O[Si](C)(C)C(C)(C)C)C/C=C/C(=NOCC(=O)N1CCCCC1)C2. The van der Waals surface area contributed by atoms with E-state index in [0.717, 1.165) is 32.4 Å². The third kappa shape index (κ3) is 13.2. The lowest BCUT2D eigenvalue weighted by atomic mass is 9.99. The predicted octanol–water partition coefficient (Wildman–Crippen LogP) is 7.20. The molecule has 0 unspecified atom stereocenters. The van der Waals surface area contributed by atoms with E-state index in [9.17, 15) is 9.59 Å². The second-order valence-corrected chi connectivity index (χ2v) is 18.6. The number of ether oxygens (including phenoxy) is 5. The van der Waals surface area contributed by atoms with E-state index in [2.05, 4.69) is 45.1 Å². The van der Waals surface area contributed by atoms with Crippen LogP contribution in [0.15, 0.2) is 41.6 Å². The van der Waals surface area contributed by atoms with Gasteiger partial charge in [-0.15, -0.1) is 0 Å². The van der Waals surface area contributed by atoms with E-state index in [1.165, 1.54) is 0 Å². The van der Waals surface area contributed by atoms with Crippen LogP contribution in [-0.4, -0.2) is 89.5 Å². The second kappa shape index (κ2) is 19.9. The highest BCUT2D eigenvalue weighted by Gasteiger charge is 2.38. The van der Waals surface area contributed by atoms with E-state index < -0.39 is 20.4 Å². The molecule has 12 heteroatoms. The van der Waals surface area contributed by atoms with E-state index in [-0.39, 0.29) is 55.0 Å². The van der Waals surface area contributed by atoms with E-state index in [4.69, 9.17) is 32.9 Å². The molecule has 49 heavy (non-hydrogen) atoms. The van der Waals surface area contributed by atoms with Gasteiger partial charge in [0.05, 0.1) is 11.8 Å². The smallest absolute Gasteiger partial charge is 0.342 e. The van der Waals surface area contributed by atoms with Crippen LogP contribution in [0.1, 0.15) is 89.6 Å². The number of amides is 1. The van der Waals surface area contributed by atoms with Crippen LogP contribution in [0, 0.1) is 0 Å². The number of oxime groups is 1. The molecule has 0 bridgehead atoms. The predicted molar refractivity (Wildman–Crippen MR) is 193 cm³/mol. The van der Waals surface area contributed by atoms with Crippen molar-refractivity contribution < 1.29 is 42.5 Å². The summed E-state index contributed by atoms with van der Waals surface area (Å²) in [4.78, 5) is 34.2. The Morgan fingerprint density at radius 3 is 2.37 bits per heavy atom. The molecule has 0 aromatic heterocycles. The van der Waals surface area contributed by atoms with Gasteiger partial charge < -0.3 is 37.8 Å². The lowest BCUT2D eigenvalue weighted by molar-refractivity contribution is -0.137. The van der Waals surface area contributed by atoms with E-state index >= 15 is 0 Å². The molecule has 0 saturated carbocycles. The number of carbonyl (C=O) groups excluding carboxylic acids is 2. The molecule has 2 atom stereocenters. The Morgan fingerprint density at radius 2 is 1.69 bits per heavy atom. The second-order valence-electron chi connectivity index (χ2n) is 13.9. The van der Waals surface area contributed by atoms with Gasteiger partial charge in [0, 0.05) is 45.2 Å². The molecule has 11 nitrogen and oxygen atoms in total. The lowest BCUT2D eigenvalue weighted by Gasteiger charge is -2.38. The van der Waals surface area contributed by atoms with Gasteiger partial charge in [0.25, 0.3) is 5.91 Å². The van der Waals surface area contributed by atoms with Gasteiger partial charge >= 0.3 is 5.97 Å². The van der Waals surface area contributed by atoms with E-state index in [0.29, 0.717) is 43.1 Å². The number of allylic oxidation sites excluding steroid dienone is 1. The van der Waals surface area contributed by atoms with Crippen LogP contribution in [0.5, 0.6) is 11.5 Å². The fraction of sp³-hybridized carbons (Fsp3) is 0.649. The first-order valence-corrected chi connectivity index (χ1v) is 20.5. The minimum absolute atomic E-state index is 0.0200. The maximum Gasteiger partial charge on any atom is 0.342 e. The summed E-state index contributed by atoms with van der Waals surface area (Å²) in [5.74, 6) is 0.0492. The molecule has 1 aromatic rings. The number of cyclic esters (lactones) is 1. The highest BCUT2D eigenvalue weighted by atomic mass is 28.4. The molecular weight excluding hydrogens is 644 g/mol. The van der Waals surface area contributed by atoms with Gasteiger partial charge in [-0.2, -0.15) is 0 Å². The number of nitrogens with zero attached hydrogens (tertiary/aromatic N) is 2. The van der Waals surface area contributed by atoms with Gasteiger partial charge in [-0.25, -0.2) is 4.79 Å². The normalized spacial score (nSPS) is 21.7. The molecule has 1 saturated heterocycles. The number of benzene rings is 1. The van der Waals surface area contributed by atoms with Gasteiger partial charge in [-0.1, -0.05) is 44.2 Å². The molecule has 0 radical (unpaired) electrons. The largest absolute Gasteiger partial charge is 0.467 e. The molecule has 1 aromatic carbocycles. The summed E-state index contributed by atoms with van der Waals surface area (Å²) >= 11 is 0. The van der Waals surface area contributed by atoms with Crippen molar-refractivity contribution >= 4 is 25.9 Å². The Bertz CT molecular complexity index is 1300. The maximum absolute atomic E-state index is 13.9. The number of carbonyl (C=O) groups is 2. The van der Waals surface area contributed by atoms with Gasteiger partial charge in [0.15, 0.2) is 28.5 Å². The van der Waals surface area contributed by atoms with Crippen molar-refractivity contribution in [3.05, 3.63) is 47.6 Å². The van der Waals surface area contributed by atoms with Crippen molar-refractivity contribution in [3.8, 4) is 11.5 Å². The molecule has 1 fully saturated rings. The first-order valence-electron chi connectivity index (χ1n) is 17.6. The highest BCUT2D eigenvalue weighted by Crippen LogP contribution is 2.38. The van der Waals surface area contributed by atoms with Gasteiger partial charge in [-0.05, 0) is 82.3 Å². The highest BCUT2D eigenvalue weighted by molar-refractivity contribution is 6.74. The molecule has 0 spiro atoms. The van der Waals surface area contributed by atoms with Crippen molar-refractivity contribution in [2.75, 3.05) is 46.5 Å². The number of hydrogen-bond acceptors (Lipinski definition) is 10. The number of rotatable bonds is 13. The first kappa shape index (κ1) is 40.2. The zero-order valence-corrected chi connectivity index (χ0v) is 31.9. The quantitative estimate of drug-likeness (QED) is 0.0526. The van der Waals surface area contributed by atoms with Gasteiger partial charge in [0.1, 0.15) is 23.2 Å². The summed E-state index contributed by atoms with van der Waals surface area (Å²) in [5, 5.41) is 4.45. The number of likely N-dealkylation sites (tertiary alicyclic amines) is 1. The molecule has 2 heterocycles. The Kier molecular flexibility index (Phi) is 16.3. The zero-order valence-electron chi connectivity index (χ0n) is 30.9. The topological polar surface area (TPSA) is 114 Å². The third-order valence-electron chi connectivity index (χ3n) is 8.88. The lowest BCUT2D eigenvalue weighted by Crippen LogP contribution is -2.43. The van der Waals surface area contributed by atoms with Crippen molar-refractivity contribution in [2.45, 2.75) is 110 Å². The Morgan fingerprint density at radius 1 is 1.00 bits per heavy atom. The summed E-state index contributed by atoms with van der Waals surface area (Å²) < 4.78 is 35.4. The van der Waals surface area contributed by atoms with Crippen molar-refractivity contribution in [2.24, 2.45) is 5.16 Å². The van der Waals surface area contributed by atoms with Crippen molar-refractivity contribution in [1.82, 2.24) is 4.90 Å². The van der Waals surface area contributed by atoms with Crippen LogP contribution in [-0.2, 0) is 34.7 Å². The molecule has 2 aliphatic rings. The molecule has 274 valence electrons. The van der Waals surface area contributed by atoms with Crippen LogP contribution in [0.25, 0.3) is 0 Å². The Labute approximate surface area is 294 Å². The van der Waals surface area contributed by atoms with E-state index in [1.807, 2.05) is 43.9 Å². The molecule has 2 aliphatic heterocycles. The van der Waals surface area contributed by atoms with Crippen LogP contribution in [0.4, 0.5) is 0 Å². The third-order valence-corrected chi connectivity index (χ3v) is 13.4. The van der Waals surface area contributed by atoms with Crippen LogP contribution in [0.3, 0.4) is 0 Å². The van der Waals surface area contributed by atoms with Crippen molar-refractivity contribution in [3.63, 3.8) is 0 Å². The first-order chi connectivity index (χ1) is 23.3. The maximum atomic E-state index is 13.9. The summed E-state index contributed by atoms with van der Waals surface area (Å²) in [6, 6.07) is 3.39. The Hall–Kier alpha value is -3.19. The fourth-order valence-corrected chi connectivity index (χ4v) is 6.37. The number of piperidine rings is 1. The van der Waals surface area contributed by atoms with Gasteiger partial charge in [0.2, 0.25) is 0 Å². The number of hydrogen-bond donors (Lipinski definition) is 0. The monoisotopic (exact) mass is 702 g/mol. The molecule has 0 aliphatic carbocycles. The summed E-state index contributed by atoms with van der Waals surface area (Å²) in [7, 11) is -2.10. The number of fused-ring (bicyclic) bond motifs is 1. The average molecular weight is 703 g/mol. The summed E-state index contributed by atoms with van der Waals surface area (Å²) in [6.45, 7) is 18.8. The average Bonchev–Trinajstić information content (AvgIpc) is 3.04. The van der Waals surface area contributed by atoms with Crippen LogP contribution >= 0.6 is 0 Å². The van der Waals surface area contributed by atoms with Crippen LogP contribution < -0.4 is 9.47 Å². The summed E-state index contributed by atoms with van der Waals surface area (Å²) in [5.41, 5.74) is 1.29. The van der Waals surface area contributed by atoms with Crippen molar-refractivity contribution in [1.29, 1.82) is 0 Å². The fourth-order valence-electron chi connectivity index (χ4n) is 5.09. The zero-order chi connectivity index (χ0) is 35.9. The van der Waals surface area contributed by atoms with Gasteiger partial charge in [-0.3, -0.25) is 4.79 Å². The van der Waals surface area contributed by atoms with E-state index in [1.54, 1.807) is 12.1 Å². The Balaban J connectivity index is 2.04. The van der Waals surface area contributed by atoms with Crippen LogP contribution in [0.2, 0.25) is 18.1 Å². The minimum Gasteiger partial charge on any atom is -0.467 e. The molecule has 1 amide bonds.